The lowest BCUT2D eigenvalue weighted by atomic mass is 9.93. The van der Waals surface area contributed by atoms with Gasteiger partial charge >= 0.3 is 0 Å². The van der Waals surface area contributed by atoms with Gasteiger partial charge in [0.2, 0.25) is 0 Å². The number of hydrogen-bond donors (Lipinski definition) is 6. The molecular formula is C45H51N8O6S2+. The molecule has 9 rings (SSSR count). The van der Waals surface area contributed by atoms with Crippen molar-refractivity contribution in [2.75, 3.05) is 62.7 Å². The van der Waals surface area contributed by atoms with Crippen LogP contribution in [-0.4, -0.2) is 99.2 Å². The van der Waals surface area contributed by atoms with E-state index < -0.39 is 16.7 Å². The number of nitrogens with one attached hydrogen (secondary N) is 3. The smallest absolute Gasteiger partial charge is 0.273 e. The standard InChI is InChI=1S/C45H50N8O6S2/c46-39-25-37(8-10-40(39)48-26-30-12-19-58-20-13-30)61(56,57)50-44(54)38-9-7-34(24-41(38)59-36-23-32-11-14-47-43(32)49-27-36)52-17-15-51(16-18-52)29-35-22-31-4-1-2-5-33(31)28-53(35)45(55)42-6-3-21-60-42/h1-11,14,21,23-25,27,30,35,48,56-57H,12-13,15-20,22,26,28-29,46H2,(H,47,49)(H,50,54)/p+1. The van der Waals surface area contributed by atoms with Gasteiger partial charge in [-0.1, -0.05) is 41.1 Å². The van der Waals surface area contributed by atoms with Gasteiger partial charge in [-0.2, -0.15) is 0 Å². The summed E-state index contributed by atoms with van der Waals surface area (Å²) in [6, 6.07) is 26.3. The number of thiophene rings is 1. The van der Waals surface area contributed by atoms with Crippen LogP contribution < -0.4 is 25.4 Å². The highest BCUT2D eigenvalue weighted by molar-refractivity contribution is 8.23. The molecule has 3 aliphatic heterocycles. The topological polar surface area (TPSA) is 183 Å². The number of carbonyl (C=O) groups is 2. The number of piperazine rings is 1. The van der Waals surface area contributed by atoms with E-state index in [1.165, 1.54) is 22.5 Å². The number of amides is 2. The Balaban J connectivity index is 0.902. The third-order valence-corrected chi connectivity index (χ3v) is 14.2. The molecule has 3 aliphatic rings. The fraction of sp³-hybridized carbons (Fsp3) is 0.311. The Hall–Kier alpha value is -5.46. The first-order valence-corrected chi connectivity index (χ1v) is 23.1. The van der Waals surface area contributed by atoms with E-state index in [0.717, 1.165) is 93.4 Å². The minimum atomic E-state index is -3.78. The van der Waals surface area contributed by atoms with E-state index in [1.807, 2.05) is 52.7 Å². The molecule has 0 spiro atoms. The largest absolute Gasteiger partial charge is 0.455 e. The third kappa shape index (κ3) is 9.26. The molecule has 6 aromatic rings. The second-order valence-corrected chi connectivity index (χ2v) is 18.7. The van der Waals surface area contributed by atoms with Crippen molar-refractivity contribution in [3.8, 4) is 11.5 Å². The summed E-state index contributed by atoms with van der Waals surface area (Å²) in [4.78, 5) is 42.9. The van der Waals surface area contributed by atoms with Crippen LogP contribution in [-0.2, 0) is 17.7 Å². The lowest BCUT2D eigenvalue weighted by Gasteiger charge is -2.42. The number of aromatic amines is 1. The van der Waals surface area contributed by atoms with Gasteiger partial charge in [0, 0.05) is 94.5 Å². The minimum absolute atomic E-state index is 0.0454. The van der Waals surface area contributed by atoms with Crippen molar-refractivity contribution in [2.45, 2.75) is 36.7 Å². The number of H-pyrrole nitrogens is 1. The predicted octanol–water partition coefficient (Wildman–Crippen LogP) is 6.97. The van der Waals surface area contributed by atoms with E-state index in [0.29, 0.717) is 29.5 Å². The molecule has 0 bridgehead atoms. The molecule has 3 aromatic carbocycles. The number of ether oxygens (including phenoxy) is 2. The van der Waals surface area contributed by atoms with Crippen LogP contribution in [0.2, 0.25) is 0 Å². The maximum Gasteiger partial charge on any atom is 0.273 e. The highest BCUT2D eigenvalue weighted by Crippen LogP contribution is 2.46. The molecule has 6 heterocycles. The van der Waals surface area contributed by atoms with Gasteiger partial charge in [0.15, 0.2) is 5.69 Å². The SMILES string of the molecule is [NH3+]c1cc(S(O)(O)NC(=O)c2ccc(N3CCN(CC4Cc5ccccc5CN4C(=O)c4cccs4)CC3)cc2Oc2cnc3[nH]ccc3c2)ccc1NCC1CCOCC1. The summed E-state index contributed by atoms with van der Waals surface area (Å²) in [5.74, 6) is 0.544. The van der Waals surface area contributed by atoms with Crippen LogP contribution in [0.5, 0.6) is 11.5 Å². The van der Waals surface area contributed by atoms with Crippen LogP contribution in [0.15, 0.2) is 108 Å². The number of rotatable bonds is 12. The molecule has 14 nitrogen and oxygen atoms in total. The average molecular weight is 864 g/mol. The number of pyridine rings is 1. The molecule has 1 atom stereocenters. The Morgan fingerprint density at radius 2 is 1.79 bits per heavy atom. The molecule has 8 N–H and O–H groups in total. The van der Waals surface area contributed by atoms with E-state index in [1.54, 1.807) is 36.7 Å². The molecule has 3 aromatic heterocycles. The van der Waals surface area contributed by atoms with Gasteiger partial charge in [-0.3, -0.25) is 23.6 Å². The number of fused-ring (bicyclic) bond motifs is 2. The first-order valence-electron chi connectivity index (χ1n) is 20.7. The summed E-state index contributed by atoms with van der Waals surface area (Å²) in [6.07, 6.45) is 6.16. The van der Waals surface area contributed by atoms with Gasteiger partial charge < -0.3 is 35.3 Å². The van der Waals surface area contributed by atoms with Gasteiger partial charge in [0.1, 0.15) is 17.1 Å². The third-order valence-electron chi connectivity index (χ3n) is 11.9. The molecule has 0 radical (unpaired) electrons. The zero-order valence-electron chi connectivity index (χ0n) is 33.8. The van der Waals surface area contributed by atoms with E-state index in [9.17, 15) is 18.7 Å². The fourth-order valence-electron chi connectivity index (χ4n) is 8.47. The van der Waals surface area contributed by atoms with Crippen LogP contribution in [0.1, 0.15) is 44.0 Å². The molecule has 318 valence electrons. The molecule has 2 saturated heterocycles. The van der Waals surface area contributed by atoms with Crippen LogP contribution in [0.4, 0.5) is 17.1 Å². The molecule has 0 saturated carbocycles. The number of aromatic nitrogens is 2. The van der Waals surface area contributed by atoms with Crippen LogP contribution in [0.25, 0.3) is 11.0 Å². The zero-order valence-corrected chi connectivity index (χ0v) is 35.4. The number of carbonyl (C=O) groups excluding carboxylic acids is 2. The van der Waals surface area contributed by atoms with Crippen molar-refractivity contribution >= 4 is 62.0 Å². The van der Waals surface area contributed by atoms with Crippen LogP contribution >= 0.6 is 22.1 Å². The van der Waals surface area contributed by atoms with Gasteiger partial charge in [-0.05, 0) is 84.2 Å². The summed E-state index contributed by atoms with van der Waals surface area (Å²) in [7, 11) is -3.78. The van der Waals surface area contributed by atoms with E-state index >= 15 is 0 Å². The highest BCUT2D eigenvalue weighted by Gasteiger charge is 2.33. The normalized spacial score (nSPS) is 17.9. The van der Waals surface area contributed by atoms with Gasteiger partial charge in [0.05, 0.1) is 27.2 Å². The quantitative estimate of drug-likeness (QED) is 0.0752. The summed E-state index contributed by atoms with van der Waals surface area (Å²) < 4.78 is 37.0. The summed E-state index contributed by atoms with van der Waals surface area (Å²) in [6.45, 7) is 6.65. The molecule has 0 aliphatic carbocycles. The van der Waals surface area contributed by atoms with E-state index in [-0.39, 0.29) is 28.2 Å². The second-order valence-electron chi connectivity index (χ2n) is 15.9. The average Bonchev–Trinajstić information content (AvgIpc) is 3.99. The summed E-state index contributed by atoms with van der Waals surface area (Å²) >= 11 is 1.48. The number of hydrogen-bond acceptors (Lipinski definition) is 11. The van der Waals surface area contributed by atoms with Crippen molar-refractivity contribution in [3.05, 3.63) is 124 Å². The van der Waals surface area contributed by atoms with E-state index in [2.05, 4.69) is 53.7 Å². The number of benzene rings is 3. The summed E-state index contributed by atoms with van der Waals surface area (Å²) in [5.41, 5.74) is 9.71. The Morgan fingerprint density at radius 1 is 0.967 bits per heavy atom. The van der Waals surface area contributed by atoms with Gasteiger partial charge in [0.25, 0.3) is 11.8 Å². The zero-order chi connectivity index (χ0) is 41.9. The molecular weight excluding hydrogens is 813 g/mol. The van der Waals surface area contributed by atoms with Crippen molar-refractivity contribution in [1.29, 1.82) is 0 Å². The number of quaternary nitrogens is 1. The maximum atomic E-state index is 14.0. The minimum Gasteiger partial charge on any atom is -0.455 e. The maximum absolute atomic E-state index is 14.0. The van der Waals surface area contributed by atoms with Gasteiger partial charge in [-0.25, -0.2) is 9.71 Å². The Kier molecular flexibility index (Phi) is 12.0. The Morgan fingerprint density at radius 3 is 2.57 bits per heavy atom. The van der Waals surface area contributed by atoms with E-state index in [4.69, 9.17) is 9.47 Å². The molecule has 61 heavy (non-hydrogen) atoms. The Bertz CT molecular complexity index is 2500. The monoisotopic (exact) mass is 863 g/mol. The molecule has 2 fully saturated rings. The van der Waals surface area contributed by atoms with Crippen molar-refractivity contribution < 1.29 is 33.9 Å². The molecule has 2 amide bonds. The fourth-order valence-corrected chi connectivity index (χ4v) is 10.2. The molecule has 1 unspecified atom stereocenters. The number of anilines is 2. The van der Waals surface area contributed by atoms with Crippen LogP contribution in [0, 0.1) is 5.92 Å². The van der Waals surface area contributed by atoms with Crippen LogP contribution in [0.3, 0.4) is 0 Å². The summed E-state index contributed by atoms with van der Waals surface area (Å²) in [5, 5.41) is 6.23. The Labute approximate surface area is 360 Å². The lowest BCUT2D eigenvalue weighted by molar-refractivity contribution is -0.253. The first kappa shape index (κ1) is 40.9. The van der Waals surface area contributed by atoms with Crippen molar-refractivity contribution in [2.24, 2.45) is 5.92 Å². The predicted molar refractivity (Wildman–Crippen MR) is 239 cm³/mol. The first-order chi connectivity index (χ1) is 29.7. The highest BCUT2D eigenvalue weighted by atomic mass is 32.3. The van der Waals surface area contributed by atoms with Crippen molar-refractivity contribution in [1.82, 2.24) is 24.5 Å². The second kappa shape index (κ2) is 17.9. The molecule has 16 heteroatoms. The number of nitrogens with zero attached hydrogens (tertiary/aromatic N) is 4. The lowest BCUT2D eigenvalue weighted by Crippen LogP contribution is -2.54. The van der Waals surface area contributed by atoms with Gasteiger partial charge in [-0.15, -0.1) is 11.3 Å². The van der Waals surface area contributed by atoms with Crippen molar-refractivity contribution in [3.63, 3.8) is 0 Å².